The maximum atomic E-state index is 13.9. The highest BCUT2D eigenvalue weighted by atomic mass is 32.1. The Bertz CT molecular complexity index is 312. The van der Waals surface area contributed by atoms with Crippen molar-refractivity contribution in [2.75, 3.05) is 7.05 Å². The van der Waals surface area contributed by atoms with E-state index in [1.807, 2.05) is 6.92 Å². The van der Waals surface area contributed by atoms with E-state index in [2.05, 4.69) is 18.3 Å². The molecule has 0 radical (unpaired) electrons. The summed E-state index contributed by atoms with van der Waals surface area (Å²) in [5.41, 5.74) is -0.143. The first-order valence-corrected chi connectivity index (χ1v) is 5.61. The van der Waals surface area contributed by atoms with Gasteiger partial charge in [-0.05, 0) is 46.4 Å². The second-order valence-electron chi connectivity index (χ2n) is 4.15. The molecule has 1 aromatic heterocycles. The molecular formula is C11H18FNS. The van der Waals surface area contributed by atoms with E-state index in [0.717, 1.165) is 5.56 Å². The number of hydrogen-bond donors (Lipinski definition) is 1. The minimum absolute atomic E-state index is 0.215. The van der Waals surface area contributed by atoms with Crippen molar-refractivity contribution < 1.29 is 4.39 Å². The molecule has 80 valence electrons. The number of alkyl halides is 1. The van der Waals surface area contributed by atoms with E-state index in [1.165, 1.54) is 9.75 Å². The van der Waals surface area contributed by atoms with Gasteiger partial charge >= 0.3 is 0 Å². The molecule has 1 N–H and O–H groups in total. The summed E-state index contributed by atoms with van der Waals surface area (Å²) in [6.45, 7) is 7.32. The van der Waals surface area contributed by atoms with Crippen LogP contribution in [0.25, 0.3) is 0 Å². The van der Waals surface area contributed by atoms with Gasteiger partial charge in [0.1, 0.15) is 5.67 Å². The Morgan fingerprint density at radius 3 is 2.29 bits per heavy atom. The third-order valence-electron chi connectivity index (χ3n) is 2.37. The summed E-state index contributed by atoms with van der Waals surface area (Å²) in [5, 5.41) is 3.04. The van der Waals surface area contributed by atoms with Crippen molar-refractivity contribution in [3.8, 4) is 0 Å². The molecule has 1 rings (SSSR count). The van der Waals surface area contributed by atoms with Gasteiger partial charge in [-0.25, -0.2) is 4.39 Å². The average Bonchev–Trinajstić information content (AvgIpc) is 2.29. The van der Waals surface area contributed by atoms with Crippen molar-refractivity contribution in [3.05, 3.63) is 21.4 Å². The molecular weight excluding hydrogens is 197 g/mol. The highest BCUT2D eigenvalue weighted by molar-refractivity contribution is 7.12. The van der Waals surface area contributed by atoms with Crippen LogP contribution in [0.3, 0.4) is 0 Å². The molecule has 0 fully saturated rings. The lowest BCUT2D eigenvalue weighted by Crippen LogP contribution is -2.33. The predicted octanol–water partition coefficient (Wildman–Crippen LogP) is 3.37. The van der Waals surface area contributed by atoms with Gasteiger partial charge in [0, 0.05) is 9.75 Å². The van der Waals surface area contributed by atoms with Gasteiger partial charge in [0.25, 0.3) is 0 Å². The van der Waals surface area contributed by atoms with Gasteiger partial charge in [-0.2, -0.15) is 0 Å². The van der Waals surface area contributed by atoms with Crippen LogP contribution >= 0.6 is 11.3 Å². The lowest BCUT2D eigenvalue weighted by molar-refractivity contribution is 0.155. The smallest absolute Gasteiger partial charge is 0.124 e. The van der Waals surface area contributed by atoms with Gasteiger partial charge in [0.15, 0.2) is 0 Å². The molecule has 3 heteroatoms. The summed E-state index contributed by atoms with van der Waals surface area (Å²) in [6.07, 6.45) is 0. The zero-order valence-electron chi connectivity index (χ0n) is 9.44. The van der Waals surface area contributed by atoms with Crippen molar-refractivity contribution in [2.45, 2.75) is 39.4 Å². The summed E-state index contributed by atoms with van der Waals surface area (Å²) in [6, 6.07) is 1.86. The number of thiophene rings is 1. The van der Waals surface area contributed by atoms with Crippen molar-refractivity contribution >= 4 is 11.3 Å². The summed E-state index contributed by atoms with van der Waals surface area (Å²) < 4.78 is 13.9. The lowest BCUT2D eigenvalue weighted by Gasteiger charge is -2.26. The molecule has 0 aliphatic rings. The summed E-state index contributed by atoms with van der Waals surface area (Å²) >= 11 is 1.72. The highest BCUT2D eigenvalue weighted by Crippen LogP contribution is 2.34. The monoisotopic (exact) mass is 215 g/mol. The molecule has 0 aliphatic carbocycles. The van der Waals surface area contributed by atoms with Crippen LogP contribution in [0.2, 0.25) is 0 Å². The van der Waals surface area contributed by atoms with Crippen molar-refractivity contribution in [1.29, 1.82) is 0 Å². The van der Waals surface area contributed by atoms with Crippen molar-refractivity contribution in [1.82, 2.24) is 5.32 Å². The molecule has 1 aromatic rings. The van der Waals surface area contributed by atoms with Crippen LogP contribution in [-0.4, -0.2) is 12.7 Å². The summed E-state index contributed by atoms with van der Waals surface area (Å²) in [7, 11) is 1.80. The molecule has 14 heavy (non-hydrogen) atoms. The standard InChI is InChI=1S/C11H18FNS/c1-7-6-9(8(2)14-7)10(13-5)11(3,4)12/h6,10,13H,1-5H3. The third-order valence-corrected chi connectivity index (χ3v) is 3.35. The molecule has 1 heterocycles. The van der Waals surface area contributed by atoms with E-state index in [0.29, 0.717) is 0 Å². The second kappa shape index (κ2) is 3.99. The molecule has 0 aliphatic heterocycles. The predicted molar refractivity (Wildman–Crippen MR) is 60.8 cm³/mol. The summed E-state index contributed by atoms with van der Waals surface area (Å²) in [5.74, 6) is 0. The molecule has 1 nitrogen and oxygen atoms in total. The Kier molecular flexibility index (Phi) is 3.32. The maximum Gasteiger partial charge on any atom is 0.124 e. The van der Waals surface area contributed by atoms with Gasteiger partial charge < -0.3 is 5.32 Å². The third kappa shape index (κ3) is 2.34. The fourth-order valence-corrected chi connectivity index (χ4v) is 2.77. The quantitative estimate of drug-likeness (QED) is 0.815. The van der Waals surface area contributed by atoms with E-state index in [1.54, 1.807) is 32.2 Å². The SMILES string of the molecule is CNC(c1cc(C)sc1C)C(C)(C)F. The number of rotatable bonds is 3. The van der Waals surface area contributed by atoms with Gasteiger partial charge in [-0.1, -0.05) is 0 Å². The van der Waals surface area contributed by atoms with Crippen molar-refractivity contribution in [3.63, 3.8) is 0 Å². The first-order chi connectivity index (χ1) is 6.36. The topological polar surface area (TPSA) is 12.0 Å². The number of hydrogen-bond acceptors (Lipinski definition) is 2. The van der Waals surface area contributed by atoms with E-state index in [4.69, 9.17) is 0 Å². The molecule has 1 atom stereocenters. The Hall–Kier alpha value is -0.410. The van der Waals surface area contributed by atoms with Crippen LogP contribution in [0.1, 0.15) is 35.2 Å². The first kappa shape index (κ1) is 11.7. The fraction of sp³-hybridized carbons (Fsp3) is 0.636. The van der Waals surface area contributed by atoms with Gasteiger partial charge in [0.05, 0.1) is 6.04 Å². The summed E-state index contributed by atoms with van der Waals surface area (Å²) in [4.78, 5) is 2.44. The van der Waals surface area contributed by atoms with Crippen LogP contribution in [-0.2, 0) is 0 Å². The largest absolute Gasteiger partial charge is 0.310 e. The second-order valence-corrected chi connectivity index (χ2v) is 5.62. The normalized spacial score (nSPS) is 14.4. The minimum atomic E-state index is -1.23. The van der Waals surface area contributed by atoms with Gasteiger partial charge in [-0.15, -0.1) is 11.3 Å². The van der Waals surface area contributed by atoms with Crippen LogP contribution in [0.15, 0.2) is 6.07 Å². The number of halogens is 1. The Morgan fingerprint density at radius 2 is 2.00 bits per heavy atom. The average molecular weight is 215 g/mol. The van der Waals surface area contributed by atoms with E-state index >= 15 is 0 Å². The van der Waals surface area contributed by atoms with E-state index in [9.17, 15) is 4.39 Å². The van der Waals surface area contributed by atoms with Crippen molar-refractivity contribution in [2.24, 2.45) is 0 Å². The minimum Gasteiger partial charge on any atom is -0.310 e. The zero-order valence-corrected chi connectivity index (χ0v) is 10.3. The Morgan fingerprint density at radius 1 is 1.43 bits per heavy atom. The Balaban J connectivity index is 3.07. The molecule has 0 saturated heterocycles. The van der Waals surface area contributed by atoms with Crippen LogP contribution < -0.4 is 5.32 Å². The van der Waals surface area contributed by atoms with Crippen LogP contribution in [0, 0.1) is 13.8 Å². The van der Waals surface area contributed by atoms with Gasteiger partial charge in [-0.3, -0.25) is 0 Å². The maximum absolute atomic E-state index is 13.9. The Labute approximate surface area is 89.3 Å². The molecule has 0 spiro atoms. The first-order valence-electron chi connectivity index (χ1n) is 4.79. The van der Waals surface area contributed by atoms with Crippen LogP contribution in [0.4, 0.5) is 4.39 Å². The van der Waals surface area contributed by atoms with Gasteiger partial charge in [0.2, 0.25) is 0 Å². The molecule has 0 bridgehead atoms. The number of aryl methyl sites for hydroxylation is 2. The van der Waals surface area contributed by atoms with E-state index < -0.39 is 5.67 Å². The molecule has 0 amide bonds. The lowest BCUT2D eigenvalue weighted by atomic mass is 9.94. The molecule has 0 aromatic carbocycles. The zero-order chi connectivity index (χ0) is 10.9. The molecule has 1 unspecified atom stereocenters. The number of nitrogens with one attached hydrogen (secondary N) is 1. The van der Waals surface area contributed by atoms with Crippen LogP contribution in [0.5, 0.6) is 0 Å². The highest BCUT2D eigenvalue weighted by Gasteiger charge is 2.30. The fourth-order valence-electron chi connectivity index (χ4n) is 1.81. The molecule has 0 saturated carbocycles. The van der Waals surface area contributed by atoms with E-state index in [-0.39, 0.29) is 6.04 Å².